The van der Waals surface area contributed by atoms with E-state index >= 15 is 0 Å². The van der Waals surface area contributed by atoms with Crippen LogP contribution < -0.4 is 0 Å². The molecule has 0 aliphatic heterocycles. The Kier molecular flexibility index (Phi) is 10.7. The van der Waals surface area contributed by atoms with E-state index in [1.165, 1.54) is 0 Å². The molecule has 7 heteroatoms. The summed E-state index contributed by atoms with van der Waals surface area (Å²) in [6, 6.07) is 46.7. The van der Waals surface area contributed by atoms with Crippen LogP contribution in [0.5, 0.6) is 5.75 Å². The molecule has 0 saturated heterocycles. The normalized spacial score (nSPS) is 14.1. The van der Waals surface area contributed by atoms with Gasteiger partial charge in [-0.2, -0.15) is 0 Å². The molecule has 4 aromatic heterocycles. The second-order valence-corrected chi connectivity index (χ2v) is 23.9. The van der Waals surface area contributed by atoms with E-state index in [9.17, 15) is 10.6 Å². The van der Waals surface area contributed by atoms with Crippen LogP contribution in [0.4, 0.5) is 0 Å². The molecular formula is C70H70N4O3. The lowest BCUT2D eigenvalue weighted by atomic mass is 9.79. The summed E-state index contributed by atoms with van der Waals surface area (Å²) in [6.07, 6.45) is 0. The van der Waals surface area contributed by atoms with Crippen LogP contribution in [0.1, 0.15) is 159 Å². The first-order chi connectivity index (χ1) is 37.9. The fraction of sp³-hybridized carbons (Fsp3) is 0.286. The van der Waals surface area contributed by atoms with Crippen molar-refractivity contribution in [1.82, 2.24) is 19.1 Å². The first-order valence-corrected chi connectivity index (χ1v) is 26.9. The largest absolute Gasteiger partial charge is 0.507 e. The molecule has 77 heavy (non-hydrogen) atoms. The number of hydrogen-bond donors (Lipinski definition) is 1. The lowest BCUT2D eigenvalue weighted by Gasteiger charge is -2.28. The number of para-hydroxylation sites is 4. The van der Waals surface area contributed by atoms with Gasteiger partial charge in [0.25, 0.3) is 0 Å². The van der Waals surface area contributed by atoms with Gasteiger partial charge in [0.2, 0.25) is 0 Å². The number of phenols is 1. The lowest BCUT2D eigenvalue weighted by molar-refractivity contribution is 0.446. The van der Waals surface area contributed by atoms with E-state index in [4.69, 9.17) is 18.8 Å². The molecule has 0 bridgehead atoms. The third-order valence-electron chi connectivity index (χ3n) is 15.6. The lowest BCUT2D eigenvalue weighted by Crippen LogP contribution is -2.17. The first-order valence-electron chi connectivity index (χ1n) is 28.9. The predicted molar refractivity (Wildman–Crippen MR) is 322 cm³/mol. The van der Waals surface area contributed by atoms with Crippen molar-refractivity contribution in [3.63, 3.8) is 0 Å². The monoisotopic (exact) mass is 1020 g/mol. The number of rotatable bonds is 9. The molecule has 7 nitrogen and oxygen atoms in total. The Hall–Kier alpha value is -7.90. The number of furan rings is 2. The topological polar surface area (TPSA) is 82.2 Å². The number of nitrogens with zero attached hydrogens (tertiary/aromatic N) is 4. The van der Waals surface area contributed by atoms with Gasteiger partial charge in [-0.25, -0.2) is 9.97 Å². The second-order valence-electron chi connectivity index (χ2n) is 23.9. The summed E-state index contributed by atoms with van der Waals surface area (Å²) in [6.45, 7) is 27.9. The minimum absolute atomic E-state index is 0.136. The minimum atomic E-state index is -1.09. The number of benzene rings is 8. The molecule has 1 N–H and O–H groups in total. The van der Waals surface area contributed by atoms with Gasteiger partial charge < -0.3 is 13.9 Å². The van der Waals surface area contributed by atoms with Crippen LogP contribution in [0.15, 0.2) is 148 Å². The van der Waals surface area contributed by atoms with Crippen LogP contribution in [0.3, 0.4) is 0 Å². The molecule has 12 rings (SSSR count). The van der Waals surface area contributed by atoms with Crippen molar-refractivity contribution < 1.29 is 19.4 Å². The molecule has 8 aromatic carbocycles. The standard InChI is InChI=1S/C70H70N4O3/c1-38(2)45-24-18-25-46(39(3)4)61(45)73-56-29-20-28-49(60(56)72-68(73)53-36-44(69(9,10)11)37-54(64(53)75)70(12,13)14)42-21-17-22-43(35-42)67-71-55-33-34-58-59(63(55)74(67)62-47(40(5)6)26-19-27-48(62)41(7)8)52-32-31-51-50-23-15-16-30-57(50)76-65(51)66(52)77-58/h15-41,75H,1-14H3/i38D,39D,40D,41D. The molecule has 0 fully saturated rings. The van der Waals surface area contributed by atoms with E-state index in [-0.39, 0.29) is 11.2 Å². The van der Waals surface area contributed by atoms with Crippen LogP contribution in [-0.2, 0) is 10.8 Å². The molecule has 0 aliphatic rings. The van der Waals surface area contributed by atoms with Crippen LogP contribution in [0.25, 0.3) is 111 Å². The van der Waals surface area contributed by atoms with Crippen LogP contribution >= 0.6 is 0 Å². The van der Waals surface area contributed by atoms with Gasteiger partial charge in [-0.1, -0.05) is 188 Å². The summed E-state index contributed by atoms with van der Waals surface area (Å²) < 4.78 is 56.3. The zero-order valence-corrected chi connectivity index (χ0v) is 46.8. The van der Waals surface area contributed by atoms with Crippen LogP contribution in [0.2, 0.25) is 0 Å². The third kappa shape index (κ3) is 7.98. The number of aromatic nitrogens is 4. The second kappa shape index (κ2) is 18.1. The number of aromatic hydroxyl groups is 1. The van der Waals surface area contributed by atoms with Gasteiger partial charge in [0.1, 0.15) is 28.6 Å². The maximum Gasteiger partial charge on any atom is 0.178 e. The zero-order valence-electron chi connectivity index (χ0n) is 50.8. The Morgan fingerprint density at radius 3 is 1.70 bits per heavy atom. The number of fused-ring (bicyclic) bond motifs is 10. The van der Waals surface area contributed by atoms with E-state index in [1.807, 2.05) is 140 Å². The highest BCUT2D eigenvalue weighted by atomic mass is 16.4. The van der Waals surface area contributed by atoms with Crippen molar-refractivity contribution in [3.8, 4) is 51.0 Å². The maximum atomic E-state index is 12.7. The average Bonchev–Trinajstić information content (AvgIpc) is 2.28. The smallest absolute Gasteiger partial charge is 0.178 e. The Morgan fingerprint density at radius 2 is 1.06 bits per heavy atom. The summed E-state index contributed by atoms with van der Waals surface area (Å²) in [5.41, 5.74) is 14.1. The Morgan fingerprint density at radius 1 is 0.494 bits per heavy atom. The van der Waals surface area contributed by atoms with Gasteiger partial charge in [0.05, 0.1) is 44.4 Å². The molecule has 388 valence electrons. The molecule has 0 unspecified atom stereocenters. The molecule has 0 radical (unpaired) electrons. The Bertz CT molecular complexity index is 4480. The molecule has 12 aromatic rings. The highest BCUT2D eigenvalue weighted by Gasteiger charge is 2.32. The summed E-state index contributed by atoms with van der Waals surface area (Å²) in [7, 11) is 0. The minimum Gasteiger partial charge on any atom is -0.507 e. The van der Waals surface area contributed by atoms with Crippen molar-refractivity contribution in [2.24, 2.45) is 0 Å². The molecule has 0 atom stereocenters. The highest BCUT2D eigenvalue weighted by Crippen LogP contribution is 2.48. The molecule has 0 spiro atoms. The van der Waals surface area contributed by atoms with Gasteiger partial charge in [-0.3, -0.25) is 9.13 Å². The fourth-order valence-electron chi connectivity index (χ4n) is 11.6. The molecular weight excluding hydrogens is 945 g/mol. The average molecular weight is 1020 g/mol. The molecule has 0 amide bonds. The molecule has 0 saturated carbocycles. The predicted octanol–water partition coefficient (Wildman–Crippen LogP) is 20.0. The molecule has 4 heterocycles. The highest BCUT2D eigenvalue weighted by molar-refractivity contribution is 6.24. The Labute approximate surface area is 457 Å². The van der Waals surface area contributed by atoms with Crippen molar-refractivity contribution in [1.29, 1.82) is 0 Å². The van der Waals surface area contributed by atoms with Crippen LogP contribution in [0, 0.1) is 0 Å². The number of phenolic OH excluding ortho intramolecular Hbond substituents is 1. The van der Waals surface area contributed by atoms with Crippen molar-refractivity contribution in [2.75, 3.05) is 0 Å². The molecule has 0 aliphatic carbocycles. The van der Waals surface area contributed by atoms with Gasteiger partial charge in [0.15, 0.2) is 11.2 Å². The van der Waals surface area contributed by atoms with Crippen molar-refractivity contribution in [2.45, 2.75) is 131 Å². The summed E-state index contributed by atoms with van der Waals surface area (Å²) in [5, 5.41) is 16.4. The SMILES string of the molecule is [2H]C(C)(C)c1cccc(C([2H])(C)C)c1-n1c(-c2cc(C(C)(C)C)cc(C(C)(C)C)c2O)nc2c(-c3cccc(-c4nc5ccc6oc7c(ccc8c9ccccc9oc87)c6c5n4-c4c(C([2H])(C)C)cccc4C([2H])(C)C)c3)cccc21. The van der Waals surface area contributed by atoms with Gasteiger partial charge in [-0.05, 0) is 116 Å². The van der Waals surface area contributed by atoms with Crippen LogP contribution in [-0.4, -0.2) is 24.2 Å². The van der Waals surface area contributed by atoms with Crippen molar-refractivity contribution >= 4 is 65.9 Å². The number of hydrogen-bond acceptors (Lipinski definition) is 5. The van der Waals surface area contributed by atoms with Gasteiger partial charge in [0, 0.05) is 38.3 Å². The first kappa shape index (κ1) is 45.3. The quantitative estimate of drug-likeness (QED) is 0.156. The maximum absolute atomic E-state index is 12.7. The summed E-state index contributed by atoms with van der Waals surface area (Å²) in [5.74, 6) is -3.12. The zero-order chi connectivity index (χ0) is 57.8. The van der Waals surface area contributed by atoms with E-state index < -0.39 is 29.0 Å². The van der Waals surface area contributed by atoms with E-state index in [0.29, 0.717) is 56.4 Å². The third-order valence-corrected chi connectivity index (χ3v) is 15.6. The van der Waals surface area contributed by atoms with Gasteiger partial charge in [-0.15, -0.1) is 0 Å². The number of imidazole rings is 2. The fourth-order valence-corrected chi connectivity index (χ4v) is 11.6. The van der Waals surface area contributed by atoms with E-state index in [2.05, 4.69) is 105 Å². The van der Waals surface area contributed by atoms with Crippen molar-refractivity contribution in [3.05, 3.63) is 173 Å². The Balaban J connectivity index is 1.18. The van der Waals surface area contributed by atoms with Gasteiger partial charge >= 0.3 is 0 Å². The summed E-state index contributed by atoms with van der Waals surface area (Å²) >= 11 is 0. The van der Waals surface area contributed by atoms with E-state index in [0.717, 1.165) is 88.2 Å². The van der Waals surface area contributed by atoms with E-state index in [1.54, 1.807) is 0 Å². The summed E-state index contributed by atoms with van der Waals surface area (Å²) in [4.78, 5) is 11.2.